The molecule has 1 rings (SSSR count). The smallest absolute Gasteiger partial charge is 0.292 e. The number of nitro benzene ring substituents is 1. The summed E-state index contributed by atoms with van der Waals surface area (Å²) in [5.74, 6) is 0. The van der Waals surface area contributed by atoms with Crippen LogP contribution < -0.4 is 4.90 Å². The molecule has 0 aliphatic heterocycles. The van der Waals surface area contributed by atoms with Crippen LogP contribution in [0.25, 0.3) is 0 Å². The van der Waals surface area contributed by atoms with Crippen molar-refractivity contribution < 1.29 is 15.1 Å². The minimum absolute atomic E-state index is 0.0726. The lowest BCUT2D eigenvalue weighted by molar-refractivity contribution is -0.384. The van der Waals surface area contributed by atoms with Crippen LogP contribution >= 0.6 is 0 Å². The van der Waals surface area contributed by atoms with E-state index in [9.17, 15) is 20.3 Å². The van der Waals surface area contributed by atoms with E-state index in [0.29, 0.717) is 17.8 Å². The Balaban J connectivity index is 3.15. The number of nitrogens with zero attached hydrogens (tertiary/aromatic N) is 2. The Morgan fingerprint density at radius 3 is 2.44 bits per heavy atom. The molecule has 1 aromatic carbocycles. The second kappa shape index (κ2) is 5.79. The molecule has 6 nitrogen and oxygen atoms in total. The SMILES string of the molecule is CC(O)CN(C)c1ccc([C@H](C)O)cc1[N+](=O)[O-]. The second-order valence-electron chi connectivity index (χ2n) is 4.41. The van der Waals surface area contributed by atoms with Crippen molar-refractivity contribution >= 4 is 11.4 Å². The Morgan fingerprint density at radius 1 is 1.39 bits per heavy atom. The summed E-state index contributed by atoms with van der Waals surface area (Å²) in [4.78, 5) is 12.2. The molecule has 6 heteroatoms. The summed E-state index contributed by atoms with van der Waals surface area (Å²) < 4.78 is 0. The van der Waals surface area contributed by atoms with Crippen LogP contribution in [0.15, 0.2) is 18.2 Å². The molecule has 0 aliphatic rings. The van der Waals surface area contributed by atoms with E-state index in [1.807, 2.05) is 0 Å². The van der Waals surface area contributed by atoms with Crippen LogP contribution in [0.4, 0.5) is 11.4 Å². The van der Waals surface area contributed by atoms with E-state index in [-0.39, 0.29) is 5.69 Å². The first-order chi connectivity index (χ1) is 8.32. The van der Waals surface area contributed by atoms with Gasteiger partial charge in [0.2, 0.25) is 0 Å². The fourth-order valence-corrected chi connectivity index (χ4v) is 1.76. The fourth-order valence-electron chi connectivity index (χ4n) is 1.76. The summed E-state index contributed by atoms with van der Waals surface area (Å²) in [6, 6.07) is 4.59. The van der Waals surface area contributed by atoms with Crippen molar-refractivity contribution in [2.24, 2.45) is 0 Å². The Kier molecular flexibility index (Phi) is 4.63. The third-order valence-corrected chi connectivity index (χ3v) is 2.63. The second-order valence-corrected chi connectivity index (χ2v) is 4.41. The van der Waals surface area contributed by atoms with E-state index in [4.69, 9.17) is 0 Å². The molecule has 0 heterocycles. The highest BCUT2D eigenvalue weighted by Crippen LogP contribution is 2.30. The van der Waals surface area contributed by atoms with Gasteiger partial charge in [-0.2, -0.15) is 0 Å². The normalized spacial score (nSPS) is 14.1. The van der Waals surface area contributed by atoms with Gasteiger partial charge in [0.25, 0.3) is 5.69 Å². The molecule has 2 N–H and O–H groups in total. The number of hydrogen-bond acceptors (Lipinski definition) is 5. The van der Waals surface area contributed by atoms with E-state index in [1.165, 1.54) is 6.07 Å². The summed E-state index contributed by atoms with van der Waals surface area (Å²) in [5, 5.41) is 29.8. The van der Waals surface area contributed by atoms with E-state index in [0.717, 1.165) is 0 Å². The molecule has 0 bridgehead atoms. The largest absolute Gasteiger partial charge is 0.392 e. The highest BCUT2D eigenvalue weighted by atomic mass is 16.6. The number of rotatable bonds is 5. The Bertz CT molecular complexity index is 432. The van der Waals surface area contributed by atoms with Gasteiger partial charge in [-0.25, -0.2) is 0 Å². The topological polar surface area (TPSA) is 86.8 Å². The molecular weight excluding hydrogens is 236 g/mol. The van der Waals surface area contributed by atoms with Gasteiger partial charge in [-0.1, -0.05) is 6.07 Å². The van der Waals surface area contributed by atoms with Gasteiger partial charge in [-0.05, 0) is 25.5 Å². The van der Waals surface area contributed by atoms with Crippen LogP contribution in [0.1, 0.15) is 25.5 Å². The van der Waals surface area contributed by atoms with E-state index >= 15 is 0 Å². The van der Waals surface area contributed by atoms with E-state index in [2.05, 4.69) is 0 Å². The van der Waals surface area contributed by atoms with Crippen LogP contribution in [-0.4, -0.2) is 34.8 Å². The molecule has 0 aromatic heterocycles. The predicted molar refractivity (Wildman–Crippen MR) is 68.7 cm³/mol. The molecule has 0 aliphatic carbocycles. The van der Waals surface area contributed by atoms with Crippen molar-refractivity contribution in [3.63, 3.8) is 0 Å². The summed E-state index contributed by atoms with van der Waals surface area (Å²) in [6.07, 6.45) is -1.33. The van der Waals surface area contributed by atoms with Crippen LogP contribution in [-0.2, 0) is 0 Å². The predicted octanol–water partition coefficient (Wildman–Crippen LogP) is 1.47. The average molecular weight is 254 g/mol. The highest BCUT2D eigenvalue weighted by Gasteiger charge is 2.19. The van der Waals surface area contributed by atoms with Crippen molar-refractivity contribution in [3.05, 3.63) is 33.9 Å². The number of aliphatic hydroxyl groups excluding tert-OH is 2. The molecule has 0 amide bonds. The van der Waals surface area contributed by atoms with Crippen molar-refractivity contribution in [3.8, 4) is 0 Å². The first-order valence-corrected chi connectivity index (χ1v) is 5.68. The molecule has 0 fully saturated rings. The maximum absolute atomic E-state index is 11.0. The molecule has 100 valence electrons. The third-order valence-electron chi connectivity index (χ3n) is 2.63. The number of benzene rings is 1. The molecule has 0 spiro atoms. The van der Waals surface area contributed by atoms with Gasteiger partial charge in [0.15, 0.2) is 0 Å². The number of likely N-dealkylation sites (N-methyl/N-ethyl adjacent to an activating group) is 1. The van der Waals surface area contributed by atoms with Crippen molar-refractivity contribution in [2.75, 3.05) is 18.5 Å². The summed E-state index contributed by atoms with van der Waals surface area (Å²) in [6.45, 7) is 3.47. The molecule has 2 atom stereocenters. The van der Waals surface area contributed by atoms with Crippen molar-refractivity contribution in [1.29, 1.82) is 0 Å². The molecule has 0 radical (unpaired) electrons. The van der Waals surface area contributed by atoms with Crippen molar-refractivity contribution in [2.45, 2.75) is 26.1 Å². The molecule has 1 aromatic rings. The molecular formula is C12H18N2O4. The lowest BCUT2D eigenvalue weighted by Gasteiger charge is -2.21. The van der Waals surface area contributed by atoms with Gasteiger partial charge in [0.05, 0.1) is 17.1 Å². The van der Waals surface area contributed by atoms with Gasteiger partial charge in [-0.15, -0.1) is 0 Å². The standard InChI is InChI=1S/C12H18N2O4/c1-8(15)7-13(3)11-5-4-10(9(2)16)6-12(11)14(17)18/h4-6,8-9,15-16H,7H2,1-3H3/t8?,9-/m0/s1. The molecule has 1 unspecified atom stereocenters. The fraction of sp³-hybridized carbons (Fsp3) is 0.500. The number of anilines is 1. The van der Waals surface area contributed by atoms with Crippen LogP contribution in [0, 0.1) is 10.1 Å². The van der Waals surface area contributed by atoms with E-state index in [1.54, 1.807) is 37.9 Å². The van der Waals surface area contributed by atoms with Gasteiger partial charge in [0, 0.05) is 19.7 Å². The number of hydrogen-bond donors (Lipinski definition) is 2. The molecule has 0 saturated heterocycles. The molecule has 18 heavy (non-hydrogen) atoms. The minimum Gasteiger partial charge on any atom is -0.392 e. The van der Waals surface area contributed by atoms with Crippen LogP contribution in [0.3, 0.4) is 0 Å². The maximum Gasteiger partial charge on any atom is 0.292 e. The summed E-state index contributed by atoms with van der Waals surface area (Å²) in [5.41, 5.74) is 0.845. The van der Waals surface area contributed by atoms with Crippen LogP contribution in [0.2, 0.25) is 0 Å². The number of aliphatic hydroxyl groups is 2. The number of nitro groups is 1. The Morgan fingerprint density at radius 2 is 2.00 bits per heavy atom. The zero-order chi connectivity index (χ0) is 13.9. The summed E-state index contributed by atoms with van der Waals surface area (Å²) in [7, 11) is 1.68. The van der Waals surface area contributed by atoms with Gasteiger partial charge >= 0.3 is 0 Å². The quantitative estimate of drug-likeness (QED) is 0.613. The summed E-state index contributed by atoms with van der Waals surface area (Å²) >= 11 is 0. The Labute approximate surface area is 106 Å². The molecule has 0 saturated carbocycles. The first kappa shape index (κ1) is 14.4. The minimum atomic E-state index is -0.750. The van der Waals surface area contributed by atoms with Crippen LogP contribution in [0.5, 0.6) is 0 Å². The van der Waals surface area contributed by atoms with Gasteiger partial charge in [-0.3, -0.25) is 10.1 Å². The maximum atomic E-state index is 11.0. The van der Waals surface area contributed by atoms with Crippen molar-refractivity contribution in [1.82, 2.24) is 0 Å². The zero-order valence-corrected chi connectivity index (χ0v) is 10.7. The lowest BCUT2D eigenvalue weighted by Crippen LogP contribution is -2.27. The van der Waals surface area contributed by atoms with Gasteiger partial charge < -0.3 is 15.1 Å². The third kappa shape index (κ3) is 3.41. The highest BCUT2D eigenvalue weighted by molar-refractivity contribution is 5.64. The zero-order valence-electron chi connectivity index (χ0n) is 10.7. The van der Waals surface area contributed by atoms with Gasteiger partial charge in [0.1, 0.15) is 5.69 Å². The van der Waals surface area contributed by atoms with E-state index < -0.39 is 17.1 Å². The lowest BCUT2D eigenvalue weighted by atomic mass is 10.1. The Hall–Kier alpha value is -1.66. The average Bonchev–Trinajstić information content (AvgIpc) is 2.26. The first-order valence-electron chi connectivity index (χ1n) is 5.68. The monoisotopic (exact) mass is 254 g/mol.